The monoisotopic (exact) mass is 266 g/mol. The van der Waals surface area contributed by atoms with Crippen molar-refractivity contribution in [2.24, 2.45) is 0 Å². The molecular formula is C15H22S2. The first-order chi connectivity index (χ1) is 7.64. The van der Waals surface area contributed by atoms with Crippen molar-refractivity contribution in [2.45, 2.75) is 47.0 Å². The van der Waals surface area contributed by atoms with Crippen LogP contribution in [0.3, 0.4) is 0 Å². The highest BCUT2D eigenvalue weighted by atomic mass is 32.1. The number of aryl methyl sites for hydroxylation is 2. The summed E-state index contributed by atoms with van der Waals surface area (Å²) in [6, 6.07) is 4.52. The van der Waals surface area contributed by atoms with E-state index >= 15 is 0 Å². The van der Waals surface area contributed by atoms with Gasteiger partial charge >= 0.3 is 0 Å². The molecule has 0 spiro atoms. The summed E-state index contributed by atoms with van der Waals surface area (Å²) in [6.07, 6.45) is 0. The van der Waals surface area contributed by atoms with Gasteiger partial charge in [-0.05, 0) is 53.3 Å². The molecule has 0 aliphatic carbocycles. The van der Waals surface area contributed by atoms with E-state index in [-0.39, 0.29) is 5.41 Å². The summed E-state index contributed by atoms with van der Waals surface area (Å²) >= 11 is 8.95. The van der Waals surface area contributed by atoms with E-state index in [1.54, 1.807) is 0 Å². The zero-order valence-electron chi connectivity index (χ0n) is 11.5. The normalized spacial score (nSPS) is 13.6. The molecule has 17 heavy (non-hydrogen) atoms. The van der Waals surface area contributed by atoms with E-state index in [1.165, 1.54) is 22.3 Å². The van der Waals surface area contributed by atoms with Gasteiger partial charge < -0.3 is 0 Å². The van der Waals surface area contributed by atoms with E-state index in [0.717, 1.165) is 9.81 Å². The smallest absolute Gasteiger partial charge is 0.0208 e. The van der Waals surface area contributed by atoms with Crippen LogP contribution in [-0.2, 0) is 5.41 Å². The average Bonchev–Trinajstić information content (AvgIpc) is 2.14. The highest BCUT2D eigenvalue weighted by molar-refractivity contribution is 7.93. The van der Waals surface area contributed by atoms with Crippen LogP contribution in [0.25, 0.3) is 4.91 Å². The second-order valence-electron chi connectivity index (χ2n) is 5.67. The van der Waals surface area contributed by atoms with Crippen LogP contribution < -0.4 is 0 Å². The largest absolute Gasteiger partial charge is 0.147 e. The van der Waals surface area contributed by atoms with Crippen molar-refractivity contribution in [3.63, 3.8) is 0 Å². The van der Waals surface area contributed by atoms with Gasteiger partial charge in [0, 0.05) is 4.91 Å². The van der Waals surface area contributed by atoms with Gasteiger partial charge in [0.15, 0.2) is 0 Å². The predicted molar refractivity (Wildman–Crippen MR) is 85.2 cm³/mol. The van der Waals surface area contributed by atoms with Crippen LogP contribution in [0.5, 0.6) is 0 Å². The molecule has 1 rings (SSSR count). The summed E-state index contributed by atoms with van der Waals surface area (Å²) in [5, 5.41) is 0. The number of thiol groups is 2. The summed E-state index contributed by atoms with van der Waals surface area (Å²) in [6.45, 7) is 13.0. The van der Waals surface area contributed by atoms with Crippen LogP contribution in [0.2, 0.25) is 0 Å². The Labute approximate surface area is 116 Å². The quantitative estimate of drug-likeness (QED) is 0.645. The van der Waals surface area contributed by atoms with E-state index in [9.17, 15) is 0 Å². The van der Waals surface area contributed by atoms with Gasteiger partial charge in [-0.15, -0.1) is 25.3 Å². The minimum Gasteiger partial charge on any atom is -0.147 e. The number of hydrogen-bond donors (Lipinski definition) is 2. The molecular weight excluding hydrogens is 244 g/mol. The molecule has 0 aromatic heterocycles. The Morgan fingerprint density at radius 1 is 1.00 bits per heavy atom. The maximum absolute atomic E-state index is 4.56. The molecule has 0 nitrogen and oxygen atoms in total. The van der Waals surface area contributed by atoms with Crippen molar-refractivity contribution in [3.8, 4) is 0 Å². The first-order valence-corrected chi connectivity index (χ1v) is 6.75. The molecule has 0 saturated heterocycles. The zero-order valence-corrected chi connectivity index (χ0v) is 13.3. The second kappa shape index (κ2) is 5.11. The summed E-state index contributed by atoms with van der Waals surface area (Å²) < 4.78 is 0. The molecule has 0 saturated carbocycles. The standard InChI is InChI=1S/C15H22S2/c1-9-7-12(15(4,5)6)8-10(2)13(9)14(17)11(3)16/h7-8,16-17H,1-6H3. The van der Waals surface area contributed by atoms with Gasteiger partial charge in [0.25, 0.3) is 0 Å². The van der Waals surface area contributed by atoms with Gasteiger partial charge in [-0.2, -0.15) is 0 Å². The van der Waals surface area contributed by atoms with Gasteiger partial charge in [0.2, 0.25) is 0 Å². The fourth-order valence-corrected chi connectivity index (χ4v) is 2.42. The summed E-state index contributed by atoms with van der Waals surface area (Å²) in [5.41, 5.74) is 5.31. The molecule has 0 aliphatic heterocycles. The van der Waals surface area contributed by atoms with E-state index in [4.69, 9.17) is 0 Å². The van der Waals surface area contributed by atoms with Crippen molar-refractivity contribution < 1.29 is 0 Å². The third-order valence-corrected chi connectivity index (χ3v) is 3.94. The van der Waals surface area contributed by atoms with Crippen LogP contribution >= 0.6 is 25.3 Å². The molecule has 1 aromatic carbocycles. The van der Waals surface area contributed by atoms with E-state index in [1.807, 2.05) is 6.92 Å². The molecule has 0 radical (unpaired) electrons. The van der Waals surface area contributed by atoms with Gasteiger partial charge in [-0.1, -0.05) is 32.9 Å². The lowest BCUT2D eigenvalue weighted by Crippen LogP contribution is -2.12. The number of benzene rings is 1. The molecule has 0 fully saturated rings. The Morgan fingerprint density at radius 2 is 1.41 bits per heavy atom. The van der Waals surface area contributed by atoms with Crippen LogP contribution in [-0.4, -0.2) is 0 Å². The van der Waals surface area contributed by atoms with Crippen LogP contribution in [0.1, 0.15) is 49.9 Å². The van der Waals surface area contributed by atoms with Crippen molar-refractivity contribution in [3.05, 3.63) is 39.3 Å². The third-order valence-electron chi connectivity index (χ3n) is 2.98. The van der Waals surface area contributed by atoms with Crippen molar-refractivity contribution in [1.82, 2.24) is 0 Å². The Hall–Kier alpha value is -0.340. The topological polar surface area (TPSA) is 0 Å². The van der Waals surface area contributed by atoms with Gasteiger partial charge in [0.1, 0.15) is 0 Å². The molecule has 0 atom stereocenters. The van der Waals surface area contributed by atoms with Gasteiger partial charge in [0.05, 0.1) is 0 Å². The molecule has 94 valence electrons. The van der Waals surface area contributed by atoms with Crippen LogP contribution in [0, 0.1) is 13.8 Å². The Balaban J connectivity index is 3.46. The van der Waals surface area contributed by atoms with E-state index < -0.39 is 0 Å². The van der Waals surface area contributed by atoms with Gasteiger partial charge in [-0.3, -0.25) is 0 Å². The highest BCUT2D eigenvalue weighted by Crippen LogP contribution is 2.33. The number of hydrogen-bond acceptors (Lipinski definition) is 2. The van der Waals surface area contributed by atoms with Crippen molar-refractivity contribution >= 4 is 30.2 Å². The van der Waals surface area contributed by atoms with Crippen LogP contribution in [0.4, 0.5) is 0 Å². The molecule has 1 aromatic rings. The fraction of sp³-hybridized carbons (Fsp3) is 0.467. The molecule has 0 amide bonds. The van der Waals surface area contributed by atoms with E-state index in [0.29, 0.717) is 0 Å². The molecule has 0 aliphatic rings. The lowest BCUT2D eigenvalue weighted by molar-refractivity contribution is 0.589. The Bertz CT molecular complexity index is 435. The first kappa shape index (κ1) is 14.7. The average molecular weight is 266 g/mol. The summed E-state index contributed by atoms with van der Waals surface area (Å²) in [5.74, 6) is 0. The van der Waals surface area contributed by atoms with Crippen LogP contribution in [0.15, 0.2) is 17.0 Å². The maximum atomic E-state index is 4.56. The maximum Gasteiger partial charge on any atom is 0.0208 e. The molecule has 0 unspecified atom stereocenters. The third kappa shape index (κ3) is 3.32. The Morgan fingerprint density at radius 3 is 1.71 bits per heavy atom. The lowest BCUT2D eigenvalue weighted by atomic mass is 9.83. The molecule has 0 bridgehead atoms. The van der Waals surface area contributed by atoms with Crippen molar-refractivity contribution in [1.29, 1.82) is 0 Å². The summed E-state index contributed by atoms with van der Waals surface area (Å²) in [7, 11) is 0. The minimum absolute atomic E-state index is 0.185. The minimum atomic E-state index is 0.185. The molecule has 2 heteroatoms. The number of allylic oxidation sites excluding steroid dienone is 1. The SMILES string of the molecule is CC(S)=C(S)c1c(C)cc(C(C)(C)C)cc1C. The lowest BCUT2D eigenvalue weighted by Gasteiger charge is -2.22. The number of rotatable bonds is 1. The van der Waals surface area contributed by atoms with Crippen molar-refractivity contribution in [2.75, 3.05) is 0 Å². The summed E-state index contributed by atoms with van der Waals surface area (Å²) in [4.78, 5) is 1.94. The first-order valence-electron chi connectivity index (χ1n) is 5.85. The van der Waals surface area contributed by atoms with Gasteiger partial charge in [-0.25, -0.2) is 0 Å². The Kier molecular flexibility index (Phi) is 4.43. The fourth-order valence-electron chi connectivity index (χ4n) is 1.95. The molecule has 0 heterocycles. The van der Waals surface area contributed by atoms with E-state index in [2.05, 4.69) is 72.0 Å². The zero-order chi connectivity index (χ0) is 13.4. The predicted octanol–water partition coefficient (Wildman–Crippen LogP) is 5.15. The second-order valence-corrected chi connectivity index (χ2v) is 6.79. The highest BCUT2D eigenvalue weighted by Gasteiger charge is 2.17. The molecule has 0 N–H and O–H groups in total.